The van der Waals surface area contributed by atoms with Crippen LogP contribution >= 0.6 is 15.6 Å². The van der Waals surface area contributed by atoms with Gasteiger partial charge < -0.3 is 33.8 Å². The lowest BCUT2D eigenvalue weighted by atomic mass is 9.99. The van der Waals surface area contributed by atoms with Crippen molar-refractivity contribution < 1.29 is 80.2 Å². The van der Waals surface area contributed by atoms with Crippen LogP contribution in [-0.2, 0) is 65.4 Å². The minimum Gasteiger partial charge on any atom is -0.462 e. The van der Waals surface area contributed by atoms with E-state index in [1.807, 2.05) is 0 Å². The predicted molar refractivity (Wildman–Crippen MR) is 409 cm³/mol. The molecule has 0 saturated carbocycles. The van der Waals surface area contributed by atoms with Crippen LogP contribution in [0, 0.1) is 11.8 Å². The normalized spacial score (nSPS) is 14.2. The zero-order valence-corrected chi connectivity index (χ0v) is 67.3. The summed E-state index contributed by atoms with van der Waals surface area (Å²) >= 11 is 0. The molecule has 0 spiro atoms. The van der Waals surface area contributed by atoms with Crippen molar-refractivity contribution >= 4 is 39.5 Å². The molecular formula is C81H158O17P2. The van der Waals surface area contributed by atoms with Crippen LogP contribution in [0.3, 0.4) is 0 Å². The average molecular weight is 1470 g/mol. The highest BCUT2D eigenvalue weighted by molar-refractivity contribution is 7.47. The monoisotopic (exact) mass is 1470 g/mol. The smallest absolute Gasteiger partial charge is 0.462 e. The number of hydrogen-bond acceptors (Lipinski definition) is 15. The summed E-state index contributed by atoms with van der Waals surface area (Å²) in [5.74, 6) is -0.476. The van der Waals surface area contributed by atoms with E-state index in [0.717, 1.165) is 115 Å². The molecule has 3 N–H and O–H groups in total. The Morgan fingerprint density at radius 3 is 0.760 bits per heavy atom. The summed E-state index contributed by atoms with van der Waals surface area (Å²) in [6, 6.07) is 0. The van der Waals surface area contributed by atoms with Gasteiger partial charge in [0.1, 0.15) is 19.3 Å². The molecule has 0 amide bonds. The van der Waals surface area contributed by atoms with Crippen molar-refractivity contribution in [2.24, 2.45) is 11.8 Å². The van der Waals surface area contributed by atoms with Gasteiger partial charge >= 0.3 is 39.5 Å². The molecule has 0 aromatic heterocycles. The first-order valence-corrected chi connectivity index (χ1v) is 45.0. The van der Waals surface area contributed by atoms with Crippen LogP contribution < -0.4 is 0 Å². The predicted octanol–water partition coefficient (Wildman–Crippen LogP) is 24.3. The number of unbranched alkanes of at least 4 members (excludes halogenated alkanes) is 49. The summed E-state index contributed by atoms with van der Waals surface area (Å²) in [4.78, 5) is 72.9. The summed E-state index contributed by atoms with van der Waals surface area (Å²) in [5.41, 5.74) is 0. The maximum absolute atomic E-state index is 13.1. The fourth-order valence-corrected chi connectivity index (χ4v) is 14.1. The number of ether oxygens (including phenoxy) is 4. The quantitative estimate of drug-likeness (QED) is 0.0222. The third-order valence-corrected chi connectivity index (χ3v) is 21.2. The summed E-state index contributed by atoms with van der Waals surface area (Å²) in [6.45, 7) is 9.67. The first-order valence-electron chi connectivity index (χ1n) is 42.0. The van der Waals surface area contributed by atoms with Gasteiger partial charge in [0, 0.05) is 25.7 Å². The van der Waals surface area contributed by atoms with Gasteiger partial charge in [-0.3, -0.25) is 37.3 Å². The molecule has 0 rings (SSSR count). The van der Waals surface area contributed by atoms with Gasteiger partial charge in [-0.1, -0.05) is 375 Å². The van der Waals surface area contributed by atoms with Crippen LogP contribution in [0.25, 0.3) is 0 Å². The summed E-state index contributed by atoms with van der Waals surface area (Å²) in [6.07, 6.45) is 62.5. The Bertz CT molecular complexity index is 1930. The van der Waals surface area contributed by atoms with E-state index in [1.165, 1.54) is 231 Å². The van der Waals surface area contributed by atoms with E-state index >= 15 is 0 Å². The number of rotatable bonds is 80. The first kappa shape index (κ1) is 98.1. The molecule has 17 nitrogen and oxygen atoms in total. The molecule has 19 heteroatoms. The standard InChI is InChI=1S/C81H158O17P2/c1-7-10-12-14-16-17-18-19-20-21-22-23-24-31-36-41-47-53-59-65-81(86)98-77(70-92-79(84)64-58-52-46-40-35-30-26-25-29-34-39-45-50-56-62-74(6)9-3)72-96-100(89,90)94-68-75(82)67-93-99(87,88)95-71-76(69-91-78(83)63-57-51-43-15-13-11-8-2)97-80(85)66-60-54-48-42-37-32-27-28-33-38-44-49-55-61-73(4)5/h73-77,82H,7-72H2,1-6H3,(H,87,88)(H,89,90)/t74?,75-,76+,77+/m0/s1. The van der Waals surface area contributed by atoms with E-state index in [-0.39, 0.29) is 25.7 Å². The number of carbonyl (C=O) groups excluding carboxylic acids is 4. The van der Waals surface area contributed by atoms with E-state index in [2.05, 4.69) is 41.5 Å². The Kier molecular flexibility index (Phi) is 71.2. The molecule has 0 saturated heterocycles. The van der Waals surface area contributed by atoms with Crippen molar-refractivity contribution in [3.63, 3.8) is 0 Å². The first-order chi connectivity index (χ1) is 48.4. The van der Waals surface area contributed by atoms with Crippen molar-refractivity contribution in [1.82, 2.24) is 0 Å². The second-order valence-corrected chi connectivity index (χ2v) is 32.8. The molecule has 0 aliphatic rings. The van der Waals surface area contributed by atoms with E-state index in [1.54, 1.807) is 0 Å². The van der Waals surface area contributed by atoms with Crippen LogP contribution in [0.15, 0.2) is 0 Å². The number of phosphoric acid groups is 2. The fraction of sp³-hybridized carbons (Fsp3) is 0.951. The van der Waals surface area contributed by atoms with E-state index in [0.29, 0.717) is 25.7 Å². The van der Waals surface area contributed by atoms with Crippen LogP contribution in [-0.4, -0.2) is 96.7 Å². The minimum atomic E-state index is -4.96. The maximum atomic E-state index is 13.1. The minimum absolute atomic E-state index is 0.107. The van der Waals surface area contributed by atoms with Gasteiger partial charge in [-0.2, -0.15) is 0 Å². The molecule has 0 heterocycles. The molecule has 0 aromatic rings. The second kappa shape index (κ2) is 72.6. The largest absolute Gasteiger partial charge is 0.472 e. The van der Waals surface area contributed by atoms with Crippen molar-refractivity contribution in [2.45, 2.75) is 445 Å². The average Bonchev–Trinajstić information content (AvgIpc) is 0.968. The molecule has 100 heavy (non-hydrogen) atoms. The van der Waals surface area contributed by atoms with Crippen LogP contribution in [0.4, 0.5) is 0 Å². The molecule has 0 aliphatic carbocycles. The molecule has 3 unspecified atom stereocenters. The summed E-state index contributed by atoms with van der Waals surface area (Å²) < 4.78 is 68.6. The molecule has 594 valence electrons. The molecule has 0 aromatic carbocycles. The zero-order chi connectivity index (χ0) is 73.5. The van der Waals surface area contributed by atoms with Crippen LogP contribution in [0.5, 0.6) is 0 Å². The zero-order valence-electron chi connectivity index (χ0n) is 65.5. The highest BCUT2D eigenvalue weighted by atomic mass is 31.2. The highest BCUT2D eigenvalue weighted by Crippen LogP contribution is 2.45. The Morgan fingerprint density at radius 2 is 0.510 bits per heavy atom. The van der Waals surface area contributed by atoms with Crippen molar-refractivity contribution in [3.05, 3.63) is 0 Å². The second-order valence-electron chi connectivity index (χ2n) is 29.9. The molecular weight excluding hydrogens is 1310 g/mol. The Hall–Kier alpha value is -1.94. The van der Waals surface area contributed by atoms with Gasteiger partial charge in [0.15, 0.2) is 12.2 Å². The maximum Gasteiger partial charge on any atom is 0.472 e. The van der Waals surface area contributed by atoms with Gasteiger partial charge in [0.2, 0.25) is 0 Å². The van der Waals surface area contributed by atoms with Crippen molar-refractivity contribution in [3.8, 4) is 0 Å². The van der Waals surface area contributed by atoms with Crippen molar-refractivity contribution in [2.75, 3.05) is 39.6 Å². The SMILES string of the molecule is CCCCCCCCCCCCCCCCCCCCCC(=O)O[C@H](COC(=O)CCCCCCCCCCCCCCCCC(C)CC)COP(=O)(O)OC[C@@H](O)COP(=O)(O)OC[C@@H](COC(=O)CCCCCCCCC)OC(=O)CCCCCCCCCCCCCCCC(C)C. The lowest BCUT2D eigenvalue weighted by Crippen LogP contribution is -2.30. The van der Waals surface area contributed by atoms with Gasteiger partial charge in [0.05, 0.1) is 26.4 Å². The number of esters is 4. The Balaban J connectivity index is 5.18. The topological polar surface area (TPSA) is 237 Å². The number of aliphatic hydroxyl groups is 1. The lowest BCUT2D eigenvalue weighted by Gasteiger charge is -2.21. The van der Waals surface area contributed by atoms with Crippen LogP contribution in [0.2, 0.25) is 0 Å². The number of phosphoric ester groups is 2. The highest BCUT2D eigenvalue weighted by Gasteiger charge is 2.30. The Labute approximate surface area is 613 Å². The molecule has 0 radical (unpaired) electrons. The summed E-state index contributed by atoms with van der Waals surface area (Å²) in [7, 11) is -9.91. The third kappa shape index (κ3) is 73.0. The number of aliphatic hydroxyl groups excluding tert-OH is 1. The van der Waals surface area contributed by atoms with E-state index < -0.39 is 97.5 Å². The van der Waals surface area contributed by atoms with Crippen LogP contribution in [0.1, 0.15) is 427 Å². The Morgan fingerprint density at radius 1 is 0.290 bits per heavy atom. The molecule has 0 aliphatic heterocycles. The lowest BCUT2D eigenvalue weighted by molar-refractivity contribution is -0.161. The third-order valence-electron chi connectivity index (χ3n) is 19.3. The number of carbonyl (C=O) groups is 4. The summed E-state index contributed by atoms with van der Waals surface area (Å²) in [5, 5.41) is 10.6. The fourth-order valence-electron chi connectivity index (χ4n) is 12.5. The van der Waals surface area contributed by atoms with Gasteiger partial charge in [0.25, 0.3) is 0 Å². The van der Waals surface area contributed by atoms with Gasteiger partial charge in [-0.25, -0.2) is 9.13 Å². The van der Waals surface area contributed by atoms with Gasteiger partial charge in [-0.05, 0) is 37.5 Å². The molecule has 6 atom stereocenters. The molecule has 0 fully saturated rings. The van der Waals surface area contributed by atoms with E-state index in [9.17, 15) is 43.2 Å². The number of hydrogen-bond donors (Lipinski definition) is 3. The van der Waals surface area contributed by atoms with Gasteiger partial charge in [-0.15, -0.1) is 0 Å². The van der Waals surface area contributed by atoms with E-state index in [4.69, 9.17) is 37.0 Å². The molecule has 0 bridgehead atoms. The van der Waals surface area contributed by atoms with Crippen molar-refractivity contribution in [1.29, 1.82) is 0 Å².